The Morgan fingerprint density at radius 2 is 1.95 bits per heavy atom. The second kappa shape index (κ2) is 5.80. The molecule has 1 heterocycles. The van der Waals surface area contributed by atoms with Crippen LogP contribution in [0.25, 0.3) is 0 Å². The predicted molar refractivity (Wildman–Crippen MR) is 77.8 cm³/mol. The third-order valence-electron chi connectivity index (χ3n) is 2.77. The van der Waals surface area contributed by atoms with Gasteiger partial charge in [-0.25, -0.2) is 9.37 Å². The highest BCUT2D eigenvalue weighted by Gasteiger charge is 2.17. The van der Waals surface area contributed by atoms with Crippen LogP contribution in [0.5, 0.6) is 0 Å². The van der Waals surface area contributed by atoms with Crippen LogP contribution in [0.1, 0.15) is 37.0 Å². The molecule has 102 valence electrons. The van der Waals surface area contributed by atoms with Crippen LogP contribution < -0.4 is 5.32 Å². The summed E-state index contributed by atoms with van der Waals surface area (Å²) in [4.78, 5) is 4.60. The largest absolute Gasteiger partial charge is 0.307 e. The molecule has 0 saturated carbocycles. The smallest absolute Gasteiger partial charge is 0.127 e. The number of rotatable bonds is 4. The molecule has 0 aliphatic rings. The van der Waals surface area contributed by atoms with E-state index in [0.717, 1.165) is 10.7 Å². The summed E-state index contributed by atoms with van der Waals surface area (Å²) in [5.74, 6) is -0.163. The molecule has 2 nitrogen and oxygen atoms in total. The van der Waals surface area contributed by atoms with Crippen molar-refractivity contribution >= 4 is 11.3 Å². The van der Waals surface area contributed by atoms with E-state index in [9.17, 15) is 4.39 Å². The van der Waals surface area contributed by atoms with E-state index in [1.54, 1.807) is 23.5 Å². The number of hydrogen-bond donors (Lipinski definition) is 1. The lowest BCUT2D eigenvalue weighted by atomic mass is 9.98. The van der Waals surface area contributed by atoms with E-state index >= 15 is 0 Å². The Morgan fingerprint density at radius 3 is 2.58 bits per heavy atom. The Balaban J connectivity index is 1.90. The van der Waals surface area contributed by atoms with Gasteiger partial charge in [0, 0.05) is 29.4 Å². The van der Waals surface area contributed by atoms with Gasteiger partial charge in [0.25, 0.3) is 0 Å². The zero-order chi connectivity index (χ0) is 13.9. The van der Waals surface area contributed by atoms with Crippen molar-refractivity contribution in [2.75, 3.05) is 0 Å². The first-order valence-corrected chi connectivity index (χ1v) is 7.24. The quantitative estimate of drug-likeness (QED) is 0.918. The van der Waals surface area contributed by atoms with E-state index in [0.29, 0.717) is 18.7 Å². The number of hydrogen-bond acceptors (Lipinski definition) is 3. The molecule has 0 bridgehead atoms. The molecule has 2 rings (SSSR count). The van der Waals surface area contributed by atoms with E-state index in [4.69, 9.17) is 0 Å². The summed E-state index contributed by atoms with van der Waals surface area (Å²) < 4.78 is 13.4. The van der Waals surface area contributed by atoms with Gasteiger partial charge in [-0.2, -0.15) is 0 Å². The van der Waals surface area contributed by atoms with Crippen molar-refractivity contribution in [2.24, 2.45) is 0 Å². The first-order chi connectivity index (χ1) is 8.97. The maximum absolute atomic E-state index is 13.4. The van der Waals surface area contributed by atoms with Crippen LogP contribution in [0.3, 0.4) is 0 Å². The summed E-state index contributed by atoms with van der Waals surface area (Å²) in [7, 11) is 0. The van der Waals surface area contributed by atoms with Gasteiger partial charge in [-0.1, -0.05) is 39.0 Å². The summed E-state index contributed by atoms with van der Waals surface area (Å²) in [6.07, 6.45) is 0. The van der Waals surface area contributed by atoms with Gasteiger partial charge in [0.05, 0.1) is 10.7 Å². The fraction of sp³-hybridized carbons (Fsp3) is 0.400. The summed E-state index contributed by atoms with van der Waals surface area (Å²) >= 11 is 1.68. The minimum atomic E-state index is -0.163. The Bertz CT molecular complexity index is 543. The Morgan fingerprint density at radius 1 is 1.21 bits per heavy atom. The number of benzene rings is 1. The molecule has 0 aliphatic carbocycles. The second-order valence-corrected chi connectivity index (χ2v) is 6.45. The topological polar surface area (TPSA) is 24.9 Å². The minimum Gasteiger partial charge on any atom is -0.307 e. The molecule has 0 saturated heterocycles. The monoisotopic (exact) mass is 278 g/mol. The fourth-order valence-corrected chi connectivity index (χ4v) is 2.61. The van der Waals surface area contributed by atoms with E-state index in [2.05, 4.69) is 36.5 Å². The number of nitrogens with one attached hydrogen (secondary N) is 1. The molecule has 1 aromatic carbocycles. The highest BCUT2D eigenvalue weighted by Crippen LogP contribution is 2.25. The first kappa shape index (κ1) is 14.2. The van der Waals surface area contributed by atoms with Gasteiger partial charge in [0.15, 0.2) is 0 Å². The zero-order valence-electron chi connectivity index (χ0n) is 11.5. The van der Waals surface area contributed by atoms with Gasteiger partial charge in [0.1, 0.15) is 5.82 Å². The third kappa shape index (κ3) is 3.85. The van der Waals surface area contributed by atoms with E-state index in [1.165, 1.54) is 6.07 Å². The molecule has 4 heteroatoms. The summed E-state index contributed by atoms with van der Waals surface area (Å²) in [5.41, 5.74) is 1.80. The molecule has 1 N–H and O–H groups in total. The van der Waals surface area contributed by atoms with E-state index < -0.39 is 0 Å². The second-order valence-electron chi connectivity index (χ2n) is 5.59. The van der Waals surface area contributed by atoms with Crippen LogP contribution >= 0.6 is 11.3 Å². The average molecular weight is 278 g/mol. The molecule has 0 amide bonds. The summed E-state index contributed by atoms with van der Waals surface area (Å²) in [5, 5.41) is 6.43. The maximum Gasteiger partial charge on any atom is 0.127 e. The van der Waals surface area contributed by atoms with Crippen LogP contribution in [0, 0.1) is 5.82 Å². The van der Waals surface area contributed by atoms with Gasteiger partial charge in [0.2, 0.25) is 0 Å². The molecule has 0 spiro atoms. The molecular weight excluding hydrogens is 259 g/mol. The van der Waals surface area contributed by atoms with Gasteiger partial charge in [-0.15, -0.1) is 11.3 Å². The molecule has 1 aromatic heterocycles. The normalized spacial score (nSPS) is 11.8. The van der Waals surface area contributed by atoms with E-state index in [-0.39, 0.29) is 11.2 Å². The van der Waals surface area contributed by atoms with Crippen molar-refractivity contribution < 1.29 is 4.39 Å². The van der Waals surface area contributed by atoms with Crippen molar-refractivity contribution in [1.82, 2.24) is 10.3 Å². The summed E-state index contributed by atoms with van der Waals surface area (Å²) in [6, 6.07) is 6.83. The van der Waals surface area contributed by atoms with Crippen LogP contribution in [-0.4, -0.2) is 4.98 Å². The molecular formula is C15H19FN2S. The molecule has 0 unspecified atom stereocenters. The molecule has 2 aromatic rings. The standard InChI is InChI=1S/C15H19FN2S/c1-15(2,3)14-18-12(10-19-14)9-17-8-11-6-4-5-7-13(11)16/h4-7,10,17H,8-9H2,1-3H3. The summed E-state index contributed by atoms with van der Waals surface area (Å²) in [6.45, 7) is 7.66. The van der Waals surface area contributed by atoms with Crippen LogP contribution in [0.2, 0.25) is 0 Å². The Labute approximate surface area is 117 Å². The highest BCUT2D eigenvalue weighted by molar-refractivity contribution is 7.09. The Kier molecular flexibility index (Phi) is 4.32. The van der Waals surface area contributed by atoms with Crippen molar-refractivity contribution in [2.45, 2.75) is 39.3 Å². The minimum absolute atomic E-state index is 0.0917. The van der Waals surface area contributed by atoms with Gasteiger partial charge < -0.3 is 5.32 Å². The Hall–Kier alpha value is -1.26. The SMILES string of the molecule is CC(C)(C)c1nc(CNCc2ccccc2F)cs1. The average Bonchev–Trinajstić information content (AvgIpc) is 2.80. The highest BCUT2D eigenvalue weighted by atomic mass is 32.1. The molecule has 0 fully saturated rings. The van der Waals surface area contributed by atoms with Crippen molar-refractivity contribution in [1.29, 1.82) is 0 Å². The number of thiazole rings is 1. The van der Waals surface area contributed by atoms with Crippen molar-refractivity contribution in [3.8, 4) is 0 Å². The number of aromatic nitrogens is 1. The first-order valence-electron chi connectivity index (χ1n) is 6.36. The van der Waals surface area contributed by atoms with Gasteiger partial charge in [-0.05, 0) is 6.07 Å². The maximum atomic E-state index is 13.4. The van der Waals surface area contributed by atoms with Crippen LogP contribution in [0.15, 0.2) is 29.6 Å². The van der Waals surface area contributed by atoms with Gasteiger partial charge in [-0.3, -0.25) is 0 Å². The lowest BCUT2D eigenvalue weighted by Crippen LogP contribution is -2.15. The predicted octanol–water partition coefficient (Wildman–Crippen LogP) is 3.87. The van der Waals surface area contributed by atoms with Gasteiger partial charge >= 0.3 is 0 Å². The molecule has 0 atom stereocenters. The van der Waals surface area contributed by atoms with Crippen molar-refractivity contribution in [3.05, 3.63) is 51.7 Å². The van der Waals surface area contributed by atoms with Crippen LogP contribution in [0.4, 0.5) is 4.39 Å². The molecule has 0 radical (unpaired) electrons. The van der Waals surface area contributed by atoms with Crippen LogP contribution in [-0.2, 0) is 18.5 Å². The van der Waals surface area contributed by atoms with Crippen molar-refractivity contribution in [3.63, 3.8) is 0 Å². The third-order valence-corrected chi connectivity index (χ3v) is 4.09. The number of nitrogens with zero attached hydrogens (tertiary/aromatic N) is 1. The fourth-order valence-electron chi connectivity index (χ4n) is 1.70. The van der Waals surface area contributed by atoms with E-state index in [1.807, 2.05) is 6.07 Å². The molecule has 0 aliphatic heterocycles. The lowest BCUT2D eigenvalue weighted by molar-refractivity contribution is 0.573. The lowest BCUT2D eigenvalue weighted by Gasteiger charge is -2.13. The zero-order valence-corrected chi connectivity index (χ0v) is 12.4. The molecule has 19 heavy (non-hydrogen) atoms. The number of halogens is 1.